The fourth-order valence-electron chi connectivity index (χ4n) is 2.92. The van der Waals surface area contributed by atoms with E-state index in [4.69, 9.17) is 0 Å². The van der Waals surface area contributed by atoms with Crippen LogP contribution in [-0.4, -0.2) is 12.0 Å². The lowest BCUT2D eigenvalue weighted by Gasteiger charge is -2.18. The first-order valence-electron chi connectivity index (χ1n) is 8.97. The lowest BCUT2D eigenvalue weighted by molar-refractivity contribution is -0.115. The minimum absolute atomic E-state index is 0.0427. The van der Waals surface area contributed by atoms with E-state index in [1.165, 1.54) is 6.07 Å². The summed E-state index contributed by atoms with van der Waals surface area (Å²) in [4.78, 5) is 16.9. The number of rotatable bonds is 7. The van der Waals surface area contributed by atoms with Crippen LogP contribution in [0.25, 0.3) is 5.57 Å². The van der Waals surface area contributed by atoms with Crippen molar-refractivity contribution in [3.63, 3.8) is 0 Å². The summed E-state index contributed by atoms with van der Waals surface area (Å²) in [5, 5.41) is 0. The van der Waals surface area contributed by atoms with E-state index in [1.54, 1.807) is 18.5 Å². The Kier molecular flexibility index (Phi) is 8.37. The third-order valence-electron chi connectivity index (χ3n) is 4.15. The SMILES string of the molecule is C/C=N\C=C(/C)c1cccc(F)c1C(C)CC(=O)C(C=C(C)C)=C(C)C. The van der Waals surface area contributed by atoms with Crippen molar-refractivity contribution in [1.29, 1.82) is 0 Å². The van der Waals surface area contributed by atoms with E-state index >= 15 is 0 Å². The lowest BCUT2D eigenvalue weighted by Crippen LogP contribution is -2.10. The molecule has 0 aliphatic heterocycles. The molecule has 1 unspecified atom stereocenters. The van der Waals surface area contributed by atoms with Crippen molar-refractivity contribution in [2.45, 2.75) is 60.8 Å². The predicted molar refractivity (Wildman–Crippen MR) is 110 cm³/mol. The maximum atomic E-state index is 14.6. The average Bonchev–Trinajstić information content (AvgIpc) is 2.56. The maximum Gasteiger partial charge on any atom is 0.163 e. The molecule has 1 atom stereocenters. The van der Waals surface area contributed by atoms with Gasteiger partial charge in [0.2, 0.25) is 0 Å². The number of Topliss-reactive ketones (excluding diaryl/α,β-unsaturated/α-hetero) is 1. The molecule has 0 amide bonds. The monoisotopic (exact) mass is 355 g/mol. The van der Waals surface area contributed by atoms with Gasteiger partial charge in [-0.1, -0.05) is 36.3 Å². The number of allylic oxidation sites excluding steroid dienone is 5. The summed E-state index contributed by atoms with van der Waals surface area (Å²) < 4.78 is 14.6. The van der Waals surface area contributed by atoms with Gasteiger partial charge in [0.25, 0.3) is 0 Å². The second kappa shape index (κ2) is 10.0. The van der Waals surface area contributed by atoms with Crippen LogP contribution in [0.5, 0.6) is 0 Å². The maximum absolute atomic E-state index is 14.6. The van der Waals surface area contributed by atoms with E-state index in [9.17, 15) is 9.18 Å². The summed E-state index contributed by atoms with van der Waals surface area (Å²) in [5.41, 5.74) is 5.03. The molecule has 0 bridgehead atoms. The van der Waals surface area contributed by atoms with Gasteiger partial charge < -0.3 is 0 Å². The van der Waals surface area contributed by atoms with Gasteiger partial charge >= 0.3 is 0 Å². The number of ketones is 1. The molecule has 0 aliphatic carbocycles. The standard InChI is InChI=1S/C23H30FNO/c1-8-25-14-18(7)19-10-9-11-21(24)23(19)17(6)13-22(26)20(16(4)5)12-15(2)3/h8-12,14,17H,13H2,1-7H3/b18-14+,25-8-. The molecule has 0 spiro atoms. The van der Waals surface area contributed by atoms with Gasteiger partial charge in [-0.2, -0.15) is 0 Å². The number of nitrogens with zero attached hydrogens (tertiary/aromatic N) is 1. The Labute approximate surface area is 157 Å². The molecule has 2 nitrogen and oxygen atoms in total. The minimum Gasteiger partial charge on any atom is -0.294 e. The van der Waals surface area contributed by atoms with Crippen LogP contribution in [0.15, 0.2) is 52.2 Å². The molecule has 26 heavy (non-hydrogen) atoms. The Morgan fingerprint density at radius 1 is 1.19 bits per heavy atom. The molecule has 0 saturated carbocycles. The fourth-order valence-corrected chi connectivity index (χ4v) is 2.92. The fraction of sp³-hybridized carbons (Fsp3) is 0.391. The van der Waals surface area contributed by atoms with Crippen LogP contribution >= 0.6 is 0 Å². The van der Waals surface area contributed by atoms with E-state index in [0.29, 0.717) is 5.56 Å². The largest absolute Gasteiger partial charge is 0.294 e. The first kappa shape index (κ1) is 21.8. The van der Waals surface area contributed by atoms with Crippen molar-refractivity contribution in [2.75, 3.05) is 0 Å². The number of hydrogen-bond donors (Lipinski definition) is 0. The van der Waals surface area contributed by atoms with E-state index in [1.807, 2.05) is 60.6 Å². The predicted octanol–water partition coefficient (Wildman–Crippen LogP) is 6.64. The highest BCUT2D eigenvalue weighted by molar-refractivity contribution is 5.99. The average molecular weight is 355 g/mol. The molecule has 0 heterocycles. The molecule has 0 radical (unpaired) electrons. The minimum atomic E-state index is -0.281. The summed E-state index contributed by atoms with van der Waals surface area (Å²) >= 11 is 0. The van der Waals surface area contributed by atoms with Gasteiger partial charge in [-0.05, 0) is 70.2 Å². The number of hydrogen-bond acceptors (Lipinski definition) is 2. The number of benzene rings is 1. The van der Waals surface area contributed by atoms with Crippen LogP contribution in [0.4, 0.5) is 4.39 Å². The summed E-state index contributed by atoms with van der Waals surface area (Å²) in [7, 11) is 0. The smallest absolute Gasteiger partial charge is 0.163 e. The summed E-state index contributed by atoms with van der Waals surface area (Å²) in [6, 6.07) is 5.03. The number of carbonyl (C=O) groups is 1. The van der Waals surface area contributed by atoms with Crippen molar-refractivity contribution in [3.05, 3.63) is 64.1 Å². The Morgan fingerprint density at radius 2 is 1.85 bits per heavy atom. The van der Waals surface area contributed by atoms with Gasteiger partial charge in [0.1, 0.15) is 5.82 Å². The lowest BCUT2D eigenvalue weighted by atomic mass is 9.86. The molecule has 0 saturated heterocycles. The molecule has 1 aromatic rings. The van der Waals surface area contributed by atoms with E-state index in [-0.39, 0.29) is 23.9 Å². The Morgan fingerprint density at radius 3 is 2.38 bits per heavy atom. The van der Waals surface area contributed by atoms with Gasteiger partial charge in [-0.3, -0.25) is 9.79 Å². The second-order valence-electron chi connectivity index (χ2n) is 7.08. The van der Waals surface area contributed by atoms with Gasteiger partial charge in [-0.15, -0.1) is 0 Å². The Hall–Kier alpha value is -2.29. The molecule has 3 heteroatoms. The van der Waals surface area contributed by atoms with Crippen molar-refractivity contribution in [1.82, 2.24) is 0 Å². The first-order chi connectivity index (χ1) is 12.2. The summed E-state index contributed by atoms with van der Waals surface area (Å²) in [5.74, 6) is -0.467. The summed E-state index contributed by atoms with van der Waals surface area (Å²) in [6.45, 7) is 13.4. The highest BCUT2D eigenvalue weighted by Crippen LogP contribution is 2.31. The molecule has 0 N–H and O–H groups in total. The van der Waals surface area contributed by atoms with Crippen molar-refractivity contribution in [2.24, 2.45) is 4.99 Å². The van der Waals surface area contributed by atoms with Gasteiger partial charge in [0.15, 0.2) is 5.78 Å². The normalized spacial score (nSPS) is 12.8. The highest BCUT2D eigenvalue weighted by atomic mass is 19.1. The number of halogens is 1. The van der Waals surface area contributed by atoms with E-state index in [0.717, 1.165) is 27.9 Å². The van der Waals surface area contributed by atoms with Crippen LogP contribution in [0.2, 0.25) is 0 Å². The molecule has 1 aromatic carbocycles. The van der Waals surface area contributed by atoms with Gasteiger partial charge in [0.05, 0.1) is 0 Å². The zero-order valence-corrected chi connectivity index (χ0v) is 17.0. The van der Waals surface area contributed by atoms with Gasteiger partial charge in [-0.25, -0.2) is 4.39 Å². The number of aliphatic imine (C=N–C) groups is 1. The van der Waals surface area contributed by atoms with Crippen molar-refractivity contribution < 1.29 is 9.18 Å². The molecular formula is C23H30FNO. The quantitative estimate of drug-likeness (QED) is 0.306. The third-order valence-corrected chi connectivity index (χ3v) is 4.15. The van der Waals surface area contributed by atoms with E-state index in [2.05, 4.69) is 4.99 Å². The molecule has 1 rings (SSSR count). The van der Waals surface area contributed by atoms with Gasteiger partial charge in [0, 0.05) is 24.4 Å². The third kappa shape index (κ3) is 5.91. The van der Waals surface area contributed by atoms with E-state index < -0.39 is 0 Å². The second-order valence-corrected chi connectivity index (χ2v) is 7.08. The van der Waals surface area contributed by atoms with Crippen LogP contribution in [0, 0.1) is 5.82 Å². The molecular weight excluding hydrogens is 325 g/mol. The van der Waals surface area contributed by atoms with Crippen LogP contribution in [-0.2, 0) is 4.79 Å². The Bertz CT molecular complexity index is 773. The van der Waals surface area contributed by atoms with Crippen LogP contribution in [0.3, 0.4) is 0 Å². The molecule has 140 valence electrons. The first-order valence-corrected chi connectivity index (χ1v) is 8.97. The zero-order chi connectivity index (χ0) is 19.9. The van der Waals surface area contributed by atoms with Crippen LogP contribution < -0.4 is 0 Å². The highest BCUT2D eigenvalue weighted by Gasteiger charge is 2.21. The topological polar surface area (TPSA) is 29.4 Å². The molecule has 0 aromatic heterocycles. The molecule has 0 fully saturated rings. The van der Waals surface area contributed by atoms with Crippen molar-refractivity contribution >= 4 is 17.6 Å². The zero-order valence-electron chi connectivity index (χ0n) is 17.0. The summed E-state index contributed by atoms with van der Waals surface area (Å²) in [6.07, 6.45) is 5.59. The number of carbonyl (C=O) groups excluding carboxylic acids is 1. The van der Waals surface area contributed by atoms with Crippen molar-refractivity contribution in [3.8, 4) is 0 Å². The van der Waals surface area contributed by atoms with Crippen LogP contribution in [0.1, 0.15) is 71.9 Å². The Balaban J connectivity index is 3.26. The molecule has 0 aliphatic rings.